The molecule has 0 spiro atoms. The third-order valence-corrected chi connectivity index (χ3v) is 3.96. The number of nitrogens with one attached hydrogen (secondary N) is 1. The lowest BCUT2D eigenvalue weighted by Gasteiger charge is -2.07. The molecular formula is C16H12F2N2O5S. The fraction of sp³-hybridized carbons (Fsp3) is 0.125. The summed E-state index contributed by atoms with van der Waals surface area (Å²) in [5.74, 6) is -3.31. The molecule has 0 aliphatic rings. The van der Waals surface area contributed by atoms with Crippen LogP contribution in [0.25, 0.3) is 0 Å². The number of nitro benzene ring substituents is 1. The zero-order valence-corrected chi connectivity index (χ0v) is 13.9. The van der Waals surface area contributed by atoms with Gasteiger partial charge in [0.2, 0.25) is 0 Å². The molecule has 0 unspecified atom stereocenters. The zero-order valence-electron chi connectivity index (χ0n) is 13.1. The van der Waals surface area contributed by atoms with Gasteiger partial charge in [-0.2, -0.15) is 0 Å². The van der Waals surface area contributed by atoms with E-state index in [0.717, 1.165) is 23.9 Å². The molecule has 0 aromatic heterocycles. The first-order valence-corrected chi connectivity index (χ1v) is 8.11. The number of amides is 1. The highest BCUT2D eigenvalue weighted by Gasteiger charge is 2.12. The molecular weight excluding hydrogens is 370 g/mol. The molecule has 2 rings (SSSR count). The molecule has 7 nitrogen and oxygen atoms in total. The maximum absolute atomic E-state index is 13.4. The number of hydrogen-bond acceptors (Lipinski definition) is 6. The Balaban J connectivity index is 1.75. The molecule has 1 amide bonds. The first-order valence-electron chi connectivity index (χ1n) is 7.13. The summed E-state index contributed by atoms with van der Waals surface area (Å²) in [6, 6.07) is 8.22. The van der Waals surface area contributed by atoms with Gasteiger partial charge in [-0.1, -0.05) is 0 Å². The summed E-state index contributed by atoms with van der Waals surface area (Å²) >= 11 is 1.08. The Kier molecular flexibility index (Phi) is 6.61. The van der Waals surface area contributed by atoms with Crippen LogP contribution in [0.5, 0.6) is 0 Å². The Morgan fingerprint density at radius 2 is 1.85 bits per heavy atom. The summed E-state index contributed by atoms with van der Waals surface area (Å²) in [7, 11) is 0. The van der Waals surface area contributed by atoms with Gasteiger partial charge in [0.1, 0.15) is 11.6 Å². The van der Waals surface area contributed by atoms with Crippen molar-refractivity contribution in [3.05, 3.63) is 64.2 Å². The second-order valence-electron chi connectivity index (χ2n) is 4.87. The van der Waals surface area contributed by atoms with E-state index >= 15 is 0 Å². The van der Waals surface area contributed by atoms with E-state index in [4.69, 9.17) is 4.74 Å². The van der Waals surface area contributed by atoms with Crippen LogP contribution in [0.3, 0.4) is 0 Å². The number of carbonyl (C=O) groups is 2. The van der Waals surface area contributed by atoms with Gasteiger partial charge in [0.25, 0.3) is 11.6 Å². The molecule has 26 heavy (non-hydrogen) atoms. The molecule has 0 fully saturated rings. The van der Waals surface area contributed by atoms with Crippen molar-refractivity contribution in [1.29, 1.82) is 0 Å². The van der Waals surface area contributed by atoms with Gasteiger partial charge in [-0.25, -0.2) is 8.78 Å². The minimum atomic E-state index is -0.946. The number of esters is 1. The molecule has 0 atom stereocenters. The highest BCUT2D eigenvalue weighted by molar-refractivity contribution is 8.00. The van der Waals surface area contributed by atoms with E-state index in [0.29, 0.717) is 11.0 Å². The summed E-state index contributed by atoms with van der Waals surface area (Å²) in [4.78, 5) is 33.8. The van der Waals surface area contributed by atoms with E-state index < -0.39 is 35.0 Å². The zero-order chi connectivity index (χ0) is 19.1. The number of non-ortho nitro benzene ring substituents is 1. The molecule has 0 aliphatic heterocycles. The van der Waals surface area contributed by atoms with Gasteiger partial charge in [0, 0.05) is 23.1 Å². The minimum Gasteiger partial charge on any atom is -0.455 e. The van der Waals surface area contributed by atoms with Crippen molar-refractivity contribution in [3.8, 4) is 0 Å². The van der Waals surface area contributed by atoms with Gasteiger partial charge >= 0.3 is 5.97 Å². The van der Waals surface area contributed by atoms with Gasteiger partial charge in [-0.3, -0.25) is 19.7 Å². The lowest BCUT2D eigenvalue weighted by molar-refractivity contribution is -0.384. The van der Waals surface area contributed by atoms with Gasteiger partial charge in [0.05, 0.1) is 16.4 Å². The standard InChI is InChI=1S/C16H12F2N2O5S/c17-10-1-6-14(13(18)7-10)19-15(21)8-25-16(22)9-26-12-4-2-11(3-5-12)20(23)24/h1-7H,8-9H2,(H,19,21). The van der Waals surface area contributed by atoms with Crippen LogP contribution in [0.4, 0.5) is 20.2 Å². The van der Waals surface area contributed by atoms with Crippen LogP contribution in [-0.4, -0.2) is 29.2 Å². The summed E-state index contributed by atoms with van der Waals surface area (Å²) in [6.45, 7) is -0.629. The number of rotatable bonds is 7. The van der Waals surface area contributed by atoms with Crippen molar-refractivity contribution < 1.29 is 28.0 Å². The van der Waals surface area contributed by atoms with E-state index in [-0.39, 0.29) is 17.1 Å². The number of carbonyl (C=O) groups excluding carboxylic acids is 2. The van der Waals surface area contributed by atoms with Gasteiger partial charge < -0.3 is 10.1 Å². The number of thioether (sulfide) groups is 1. The third kappa shape index (κ3) is 5.81. The Bertz CT molecular complexity index is 830. The summed E-state index contributed by atoms with van der Waals surface area (Å²) in [5, 5.41) is 12.7. The number of ether oxygens (including phenoxy) is 1. The molecule has 1 N–H and O–H groups in total. The fourth-order valence-electron chi connectivity index (χ4n) is 1.77. The van der Waals surface area contributed by atoms with Crippen LogP contribution in [0.15, 0.2) is 47.4 Å². The van der Waals surface area contributed by atoms with Gasteiger partial charge in [-0.05, 0) is 24.3 Å². The third-order valence-electron chi connectivity index (χ3n) is 2.97. The van der Waals surface area contributed by atoms with E-state index in [2.05, 4.69) is 5.32 Å². The second-order valence-corrected chi connectivity index (χ2v) is 5.92. The normalized spacial score (nSPS) is 10.2. The van der Waals surface area contributed by atoms with Gasteiger partial charge in [0.15, 0.2) is 6.61 Å². The summed E-state index contributed by atoms with van der Waals surface area (Å²) in [5.41, 5.74) is -0.297. The molecule has 0 heterocycles. The van der Waals surface area contributed by atoms with Crippen molar-refractivity contribution in [2.45, 2.75) is 4.90 Å². The smallest absolute Gasteiger partial charge is 0.316 e. The van der Waals surface area contributed by atoms with E-state index in [1.54, 1.807) is 0 Å². The minimum absolute atomic E-state index is 0.0679. The number of benzene rings is 2. The molecule has 2 aromatic carbocycles. The molecule has 136 valence electrons. The number of halogens is 2. The maximum Gasteiger partial charge on any atom is 0.316 e. The molecule has 10 heteroatoms. The first-order chi connectivity index (χ1) is 12.3. The predicted octanol–water partition coefficient (Wildman–Crippen LogP) is 3.15. The summed E-state index contributed by atoms with van der Waals surface area (Å²) in [6.07, 6.45) is 0. The highest BCUT2D eigenvalue weighted by atomic mass is 32.2. The largest absolute Gasteiger partial charge is 0.455 e. The Labute approximate surface area is 150 Å². The average Bonchev–Trinajstić information content (AvgIpc) is 2.61. The average molecular weight is 382 g/mol. The quantitative estimate of drug-likeness (QED) is 0.342. The molecule has 0 radical (unpaired) electrons. The van der Waals surface area contributed by atoms with Crippen molar-refractivity contribution in [1.82, 2.24) is 0 Å². The lowest BCUT2D eigenvalue weighted by Crippen LogP contribution is -2.22. The topological polar surface area (TPSA) is 98.5 Å². The van der Waals surface area contributed by atoms with Crippen molar-refractivity contribution in [3.63, 3.8) is 0 Å². The lowest BCUT2D eigenvalue weighted by atomic mass is 10.3. The van der Waals surface area contributed by atoms with Crippen LogP contribution in [0, 0.1) is 21.7 Å². The van der Waals surface area contributed by atoms with Crippen LogP contribution >= 0.6 is 11.8 Å². The van der Waals surface area contributed by atoms with Crippen LogP contribution in [0.1, 0.15) is 0 Å². The predicted molar refractivity (Wildman–Crippen MR) is 89.8 cm³/mol. The Morgan fingerprint density at radius 1 is 1.15 bits per heavy atom. The first kappa shape index (κ1) is 19.3. The fourth-order valence-corrected chi connectivity index (χ4v) is 2.47. The number of anilines is 1. The van der Waals surface area contributed by atoms with Gasteiger partial charge in [-0.15, -0.1) is 11.8 Å². The summed E-state index contributed by atoms with van der Waals surface area (Å²) < 4.78 is 30.9. The molecule has 0 saturated heterocycles. The molecule has 0 bridgehead atoms. The van der Waals surface area contributed by atoms with E-state index in [1.165, 1.54) is 24.3 Å². The van der Waals surface area contributed by atoms with Crippen molar-refractivity contribution >= 4 is 35.0 Å². The SMILES string of the molecule is O=C(COC(=O)CSc1ccc([N+](=O)[O-])cc1)Nc1ccc(F)cc1F. The van der Waals surface area contributed by atoms with Crippen LogP contribution in [-0.2, 0) is 14.3 Å². The van der Waals surface area contributed by atoms with Crippen LogP contribution in [0.2, 0.25) is 0 Å². The number of nitro groups is 1. The Hall–Kier alpha value is -3.01. The monoisotopic (exact) mass is 382 g/mol. The van der Waals surface area contributed by atoms with E-state index in [1.807, 2.05) is 0 Å². The number of hydrogen-bond donors (Lipinski definition) is 1. The maximum atomic E-state index is 13.4. The molecule has 2 aromatic rings. The number of nitrogens with zero attached hydrogens (tertiary/aromatic N) is 1. The molecule has 0 aliphatic carbocycles. The Morgan fingerprint density at radius 3 is 2.46 bits per heavy atom. The second kappa shape index (κ2) is 8.90. The van der Waals surface area contributed by atoms with E-state index in [9.17, 15) is 28.5 Å². The van der Waals surface area contributed by atoms with Crippen LogP contribution < -0.4 is 5.32 Å². The van der Waals surface area contributed by atoms with Crippen molar-refractivity contribution in [2.75, 3.05) is 17.7 Å². The molecule has 0 saturated carbocycles. The highest BCUT2D eigenvalue weighted by Crippen LogP contribution is 2.21. The van der Waals surface area contributed by atoms with Crippen molar-refractivity contribution in [2.24, 2.45) is 0 Å².